The van der Waals surface area contributed by atoms with Crippen LogP contribution < -0.4 is 4.74 Å². The van der Waals surface area contributed by atoms with Crippen molar-refractivity contribution in [2.45, 2.75) is 12.5 Å². The molecule has 0 aromatic heterocycles. The molecule has 0 spiro atoms. The number of Topliss-reactive ketones (excluding diaryl/α,β-unsaturated/α-hetero) is 1. The van der Waals surface area contributed by atoms with Crippen LogP contribution in [-0.2, 0) is 0 Å². The van der Waals surface area contributed by atoms with Gasteiger partial charge < -0.3 is 4.74 Å². The van der Waals surface area contributed by atoms with Crippen LogP contribution in [0.3, 0.4) is 0 Å². The lowest BCUT2D eigenvalue weighted by molar-refractivity contribution is 0.0894. The Hall–Kier alpha value is -1.09. The van der Waals surface area contributed by atoms with Crippen molar-refractivity contribution in [3.05, 3.63) is 40.9 Å². The molecule has 72 valence electrons. The summed E-state index contributed by atoms with van der Waals surface area (Å²) < 4.78 is 6.44. The summed E-state index contributed by atoms with van der Waals surface area (Å²) in [4.78, 5) is 11.7. The lowest BCUT2D eigenvalue weighted by Gasteiger charge is -2.22. The maximum atomic E-state index is 11.7. The van der Waals surface area contributed by atoms with Crippen LogP contribution in [0.15, 0.2) is 35.3 Å². The van der Waals surface area contributed by atoms with Crippen molar-refractivity contribution in [1.82, 2.24) is 0 Å². The number of ketones is 1. The van der Waals surface area contributed by atoms with E-state index >= 15 is 0 Å². The Bertz CT molecular complexity index is 398. The molecule has 1 aromatic rings. The van der Waals surface area contributed by atoms with E-state index in [9.17, 15) is 4.79 Å². The van der Waals surface area contributed by atoms with Crippen molar-refractivity contribution in [1.29, 1.82) is 0 Å². The Morgan fingerprint density at radius 3 is 3.07 bits per heavy atom. The SMILES string of the molecule is C=CC1CC(=O)c2cc(Br)ccc2O1. The van der Waals surface area contributed by atoms with Gasteiger partial charge in [0.05, 0.1) is 12.0 Å². The number of carbonyl (C=O) groups is 1. The first-order valence-electron chi connectivity index (χ1n) is 4.32. The Labute approximate surface area is 90.7 Å². The van der Waals surface area contributed by atoms with Gasteiger partial charge in [0.15, 0.2) is 5.78 Å². The molecule has 0 aliphatic carbocycles. The lowest BCUT2D eigenvalue weighted by atomic mass is 10.0. The molecule has 1 atom stereocenters. The minimum absolute atomic E-state index is 0.109. The molecule has 2 rings (SSSR count). The number of halogens is 1. The molecule has 0 N–H and O–H groups in total. The van der Waals surface area contributed by atoms with Crippen molar-refractivity contribution in [2.24, 2.45) is 0 Å². The molecule has 0 saturated carbocycles. The Kier molecular flexibility index (Phi) is 2.42. The lowest BCUT2D eigenvalue weighted by Crippen LogP contribution is -2.24. The fourth-order valence-electron chi connectivity index (χ4n) is 1.45. The number of hydrogen-bond acceptors (Lipinski definition) is 2. The van der Waals surface area contributed by atoms with Gasteiger partial charge in [0.2, 0.25) is 0 Å². The molecule has 1 unspecified atom stereocenters. The molecule has 2 nitrogen and oxygen atoms in total. The fourth-order valence-corrected chi connectivity index (χ4v) is 1.81. The minimum atomic E-state index is -0.184. The van der Waals surface area contributed by atoms with Gasteiger partial charge in [-0.05, 0) is 18.2 Å². The highest BCUT2D eigenvalue weighted by atomic mass is 79.9. The Morgan fingerprint density at radius 1 is 1.57 bits per heavy atom. The highest BCUT2D eigenvalue weighted by Gasteiger charge is 2.24. The van der Waals surface area contributed by atoms with E-state index in [0.29, 0.717) is 17.7 Å². The van der Waals surface area contributed by atoms with Gasteiger partial charge in [-0.3, -0.25) is 4.79 Å². The molecule has 1 aliphatic rings. The summed E-state index contributed by atoms with van der Waals surface area (Å²) in [5, 5.41) is 0. The predicted molar refractivity (Wildman–Crippen MR) is 57.7 cm³/mol. The molecule has 0 bridgehead atoms. The third-order valence-electron chi connectivity index (χ3n) is 2.17. The van der Waals surface area contributed by atoms with E-state index in [1.54, 1.807) is 18.2 Å². The first-order chi connectivity index (χ1) is 6.70. The van der Waals surface area contributed by atoms with Gasteiger partial charge in [-0.1, -0.05) is 28.6 Å². The molecule has 0 amide bonds. The third-order valence-corrected chi connectivity index (χ3v) is 2.66. The first kappa shape index (κ1) is 9.46. The molecule has 1 aliphatic heterocycles. The van der Waals surface area contributed by atoms with Crippen LogP contribution in [0.1, 0.15) is 16.8 Å². The number of hydrogen-bond donors (Lipinski definition) is 0. The summed E-state index contributed by atoms with van der Waals surface area (Å²) in [6.45, 7) is 3.62. The van der Waals surface area contributed by atoms with E-state index in [0.717, 1.165) is 4.47 Å². The van der Waals surface area contributed by atoms with Gasteiger partial charge in [0, 0.05) is 4.47 Å². The summed E-state index contributed by atoms with van der Waals surface area (Å²) in [6.07, 6.45) is 1.85. The zero-order valence-corrected chi connectivity index (χ0v) is 9.08. The van der Waals surface area contributed by atoms with E-state index in [1.807, 2.05) is 6.07 Å². The van der Waals surface area contributed by atoms with Crippen LogP contribution in [0.2, 0.25) is 0 Å². The van der Waals surface area contributed by atoms with E-state index in [2.05, 4.69) is 22.5 Å². The van der Waals surface area contributed by atoms with Gasteiger partial charge in [-0.25, -0.2) is 0 Å². The predicted octanol–water partition coefficient (Wildman–Crippen LogP) is 2.97. The first-order valence-corrected chi connectivity index (χ1v) is 5.12. The van der Waals surface area contributed by atoms with Crippen LogP contribution in [0.4, 0.5) is 0 Å². The second kappa shape index (κ2) is 3.58. The van der Waals surface area contributed by atoms with Crippen LogP contribution >= 0.6 is 15.9 Å². The standard InChI is InChI=1S/C11H9BrO2/c1-2-8-6-10(13)9-5-7(12)3-4-11(9)14-8/h2-5,8H,1,6H2. The van der Waals surface area contributed by atoms with Gasteiger partial charge in [0.25, 0.3) is 0 Å². The average Bonchev–Trinajstić information content (AvgIpc) is 2.19. The molecule has 0 radical (unpaired) electrons. The van der Waals surface area contributed by atoms with Crippen molar-refractivity contribution < 1.29 is 9.53 Å². The molecule has 1 aromatic carbocycles. The van der Waals surface area contributed by atoms with Crippen LogP contribution in [0, 0.1) is 0 Å². The summed E-state index contributed by atoms with van der Waals surface area (Å²) in [5.41, 5.74) is 0.650. The molecule has 1 heterocycles. The number of carbonyl (C=O) groups excluding carboxylic acids is 1. The molecular weight excluding hydrogens is 244 g/mol. The van der Waals surface area contributed by atoms with Crippen LogP contribution in [0.25, 0.3) is 0 Å². The van der Waals surface area contributed by atoms with Crippen molar-refractivity contribution >= 4 is 21.7 Å². The van der Waals surface area contributed by atoms with E-state index < -0.39 is 0 Å². The second-order valence-electron chi connectivity index (χ2n) is 3.16. The summed E-state index contributed by atoms with van der Waals surface area (Å²) >= 11 is 3.32. The zero-order valence-electron chi connectivity index (χ0n) is 7.50. The van der Waals surface area contributed by atoms with Gasteiger partial charge in [-0.2, -0.15) is 0 Å². The third kappa shape index (κ3) is 1.60. The maximum absolute atomic E-state index is 11.7. The number of rotatable bonds is 1. The Morgan fingerprint density at radius 2 is 2.36 bits per heavy atom. The van der Waals surface area contributed by atoms with Gasteiger partial charge in [0.1, 0.15) is 11.9 Å². The molecule has 3 heteroatoms. The second-order valence-corrected chi connectivity index (χ2v) is 4.08. The smallest absolute Gasteiger partial charge is 0.170 e. The number of fused-ring (bicyclic) bond motifs is 1. The van der Waals surface area contributed by atoms with E-state index in [-0.39, 0.29) is 11.9 Å². The largest absolute Gasteiger partial charge is 0.485 e. The van der Waals surface area contributed by atoms with Crippen LogP contribution in [-0.4, -0.2) is 11.9 Å². The van der Waals surface area contributed by atoms with E-state index in [4.69, 9.17) is 4.74 Å². The van der Waals surface area contributed by atoms with Gasteiger partial charge >= 0.3 is 0 Å². The van der Waals surface area contributed by atoms with Crippen molar-refractivity contribution in [2.75, 3.05) is 0 Å². The molecule has 0 fully saturated rings. The minimum Gasteiger partial charge on any atom is -0.485 e. The molecular formula is C11H9BrO2. The van der Waals surface area contributed by atoms with Gasteiger partial charge in [-0.15, -0.1) is 0 Å². The number of ether oxygens (including phenoxy) is 1. The average molecular weight is 253 g/mol. The summed E-state index contributed by atoms with van der Waals surface area (Å²) in [6, 6.07) is 5.45. The van der Waals surface area contributed by atoms with Crippen molar-refractivity contribution in [3.8, 4) is 5.75 Å². The molecule has 0 saturated heterocycles. The molecule has 14 heavy (non-hydrogen) atoms. The van der Waals surface area contributed by atoms with E-state index in [1.165, 1.54) is 0 Å². The monoisotopic (exact) mass is 252 g/mol. The maximum Gasteiger partial charge on any atom is 0.170 e. The normalized spacial score (nSPS) is 19.8. The number of benzene rings is 1. The van der Waals surface area contributed by atoms with Crippen LogP contribution in [0.5, 0.6) is 5.75 Å². The van der Waals surface area contributed by atoms with Crippen molar-refractivity contribution in [3.63, 3.8) is 0 Å². The summed E-state index contributed by atoms with van der Waals surface area (Å²) in [5.74, 6) is 0.756. The highest BCUT2D eigenvalue weighted by molar-refractivity contribution is 9.10. The highest BCUT2D eigenvalue weighted by Crippen LogP contribution is 2.30. The summed E-state index contributed by atoms with van der Waals surface area (Å²) in [7, 11) is 0. The topological polar surface area (TPSA) is 26.3 Å². The quantitative estimate of drug-likeness (QED) is 0.719. The fraction of sp³-hybridized carbons (Fsp3) is 0.182. The Balaban J connectivity index is 2.44. The zero-order chi connectivity index (χ0) is 10.1.